The number of aryl methyl sites for hydroxylation is 1. The number of fused-ring (bicyclic) bond motifs is 1. The summed E-state index contributed by atoms with van der Waals surface area (Å²) >= 11 is 0. The molecular weight excluding hydrogens is 410 g/mol. The molecule has 0 spiro atoms. The molecule has 0 atom stereocenters. The highest BCUT2D eigenvalue weighted by molar-refractivity contribution is 6.01. The highest BCUT2D eigenvalue weighted by atomic mass is 16.6. The molecule has 32 heavy (non-hydrogen) atoms. The van der Waals surface area contributed by atoms with Gasteiger partial charge in [0.25, 0.3) is 0 Å². The van der Waals surface area contributed by atoms with Gasteiger partial charge in [-0.3, -0.25) is 14.6 Å². The van der Waals surface area contributed by atoms with Crippen LogP contribution >= 0.6 is 0 Å². The largest absolute Gasteiger partial charge is 0.465 e. The number of amides is 2. The second-order valence-corrected chi connectivity index (χ2v) is 8.10. The van der Waals surface area contributed by atoms with Gasteiger partial charge in [-0.25, -0.2) is 9.59 Å². The van der Waals surface area contributed by atoms with E-state index < -0.39 is 5.97 Å². The first-order chi connectivity index (χ1) is 15.5. The normalized spacial score (nSPS) is 16.8. The molecule has 0 unspecified atom stereocenters. The first kappa shape index (κ1) is 21.8. The van der Waals surface area contributed by atoms with E-state index in [1.165, 1.54) is 7.11 Å². The summed E-state index contributed by atoms with van der Waals surface area (Å²) in [5.74, 6) is -0.691. The van der Waals surface area contributed by atoms with Gasteiger partial charge in [-0.2, -0.15) is 0 Å². The SMILES string of the molecule is COC(=O)c1ccccc1NC(=O)CN1CCC(N2C(=O)OCc3cccc(C)c32)CC1. The van der Waals surface area contributed by atoms with Crippen LogP contribution in [-0.4, -0.2) is 55.7 Å². The zero-order valence-electron chi connectivity index (χ0n) is 18.3. The number of cyclic esters (lactones) is 1. The Morgan fingerprint density at radius 2 is 1.88 bits per heavy atom. The highest BCUT2D eigenvalue weighted by Gasteiger charge is 2.35. The summed E-state index contributed by atoms with van der Waals surface area (Å²) in [5.41, 5.74) is 3.79. The molecule has 2 aliphatic heterocycles. The number of hydrogen-bond acceptors (Lipinski definition) is 6. The number of anilines is 2. The fraction of sp³-hybridized carbons (Fsp3) is 0.375. The summed E-state index contributed by atoms with van der Waals surface area (Å²) in [6, 6.07) is 12.8. The molecule has 2 aromatic rings. The fourth-order valence-electron chi connectivity index (χ4n) is 4.42. The number of hydrogen-bond donors (Lipinski definition) is 1. The fourth-order valence-corrected chi connectivity index (χ4v) is 4.42. The predicted octanol–water partition coefficient (Wildman–Crippen LogP) is 3.34. The summed E-state index contributed by atoms with van der Waals surface area (Å²) in [7, 11) is 1.31. The third-order valence-electron chi connectivity index (χ3n) is 6.01. The summed E-state index contributed by atoms with van der Waals surface area (Å²) in [6.45, 7) is 3.89. The maximum Gasteiger partial charge on any atom is 0.414 e. The Kier molecular flexibility index (Phi) is 6.41. The summed E-state index contributed by atoms with van der Waals surface area (Å²) in [5, 5.41) is 2.81. The van der Waals surface area contributed by atoms with Crippen molar-refractivity contribution in [2.45, 2.75) is 32.4 Å². The van der Waals surface area contributed by atoms with E-state index in [0.717, 1.165) is 29.7 Å². The number of carbonyl (C=O) groups excluding carboxylic acids is 3. The number of likely N-dealkylation sites (tertiary alicyclic amines) is 1. The Balaban J connectivity index is 1.37. The summed E-state index contributed by atoms with van der Waals surface area (Å²) in [6.07, 6.45) is 1.19. The molecule has 2 aromatic carbocycles. The molecule has 1 saturated heterocycles. The maximum atomic E-state index is 12.6. The van der Waals surface area contributed by atoms with Gasteiger partial charge < -0.3 is 14.8 Å². The summed E-state index contributed by atoms with van der Waals surface area (Å²) < 4.78 is 10.2. The molecule has 0 aliphatic carbocycles. The third kappa shape index (κ3) is 4.45. The topological polar surface area (TPSA) is 88.2 Å². The van der Waals surface area contributed by atoms with Crippen molar-refractivity contribution in [3.05, 3.63) is 59.2 Å². The molecule has 0 aromatic heterocycles. The van der Waals surface area contributed by atoms with E-state index >= 15 is 0 Å². The smallest absolute Gasteiger partial charge is 0.414 e. The number of nitrogens with zero attached hydrogens (tertiary/aromatic N) is 2. The lowest BCUT2D eigenvalue weighted by Gasteiger charge is -2.40. The van der Waals surface area contributed by atoms with Crippen LogP contribution < -0.4 is 10.2 Å². The van der Waals surface area contributed by atoms with E-state index in [1.807, 2.05) is 25.1 Å². The monoisotopic (exact) mass is 437 g/mol. The average molecular weight is 437 g/mol. The van der Waals surface area contributed by atoms with Crippen molar-refractivity contribution in [2.24, 2.45) is 0 Å². The third-order valence-corrected chi connectivity index (χ3v) is 6.01. The molecule has 0 saturated carbocycles. The van der Waals surface area contributed by atoms with Crippen molar-refractivity contribution in [3.8, 4) is 0 Å². The number of rotatable bonds is 5. The second kappa shape index (κ2) is 9.40. The van der Waals surface area contributed by atoms with Gasteiger partial charge >= 0.3 is 12.1 Å². The Morgan fingerprint density at radius 1 is 1.12 bits per heavy atom. The van der Waals surface area contributed by atoms with Gasteiger partial charge in [-0.05, 0) is 37.5 Å². The molecular formula is C24H27N3O5. The van der Waals surface area contributed by atoms with Gasteiger partial charge in [0.2, 0.25) is 5.91 Å². The first-order valence-electron chi connectivity index (χ1n) is 10.7. The van der Waals surface area contributed by atoms with E-state index in [1.54, 1.807) is 29.2 Å². The van der Waals surface area contributed by atoms with Gasteiger partial charge in [-0.1, -0.05) is 30.3 Å². The number of carbonyl (C=O) groups is 3. The standard InChI is InChI=1S/C24H27N3O5/c1-16-6-5-7-17-15-32-24(30)27(22(16)17)18-10-12-26(13-11-18)14-21(28)25-20-9-4-3-8-19(20)23(29)31-2/h3-9,18H,10-15H2,1-2H3,(H,25,28). The Bertz CT molecular complexity index is 1030. The number of esters is 1. The van der Waals surface area contributed by atoms with Crippen molar-refractivity contribution < 1.29 is 23.9 Å². The van der Waals surface area contributed by atoms with Crippen molar-refractivity contribution >= 4 is 29.3 Å². The van der Waals surface area contributed by atoms with Crippen LogP contribution in [0.4, 0.5) is 16.2 Å². The molecule has 8 heteroatoms. The molecule has 1 fully saturated rings. The molecule has 2 amide bonds. The van der Waals surface area contributed by atoms with Gasteiger partial charge in [0.05, 0.1) is 30.6 Å². The molecule has 2 heterocycles. The van der Waals surface area contributed by atoms with Crippen LogP contribution in [0.15, 0.2) is 42.5 Å². The lowest BCUT2D eigenvalue weighted by atomic mass is 9.99. The molecule has 8 nitrogen and oxygen atoms in total. The van der Waals surface area contributed by atoms with Crippen LogP contribution in [-0.2, 0) is 20.9 Å². The number of para-hydroxylation sites is 2. The van der Waals surface area contributed by atoms with Gasteiger partial charge in [0.1, 0.15) is 6.61 Å². The van der Waals surface area contributed by atoms with Gasteiger partial charge in [-0.15, -0.1) is 0 Å². The maximum absolute atomic E-state index is 12.6. The number of ether oxygens (including phenoxy) is 2. The number of methoxy groups -OCH3 is 1. The second-order valence-electron chi connectivity index (χ2n) is 8.10. The van der Waals surface area contributed by atoms with Crippen molar-refractivity contribution in [3.63, 3.8) is 0 Å². The molecule has 0 radical (unpaired) electrons. The molecule has 0 bridgehead atoms. The average Bonchev–Trinajstić information content (AvgIpc) is 2.80. The van der Waals surface area contributed by atoms with Crippen LogP contribution in [0.1, 0.15) is 34.3 Å². The van der Waals surface area contributed by atoms with Gasteiger partial charge in [0.15, 0.2) is 0 Å². The zero-order chi connectivity index (χ0) is 22.7. The van der Waals surface area contributed by atoms with Crippen LogP contribution in [0.5, 0.6) is 0 Å². The Hall–Kier alpha value is -3.39. The van der Waals surface area contributed by atoms with Crippen LogP contribution in [0, 0.1) is 6.92 Å². The van der Waals surface area contributed by atoms with E-state index in [4.69, 9.17) is 9.47 Å². The first-order valence-corrected chi connectivity index (χ1v) is 10.7. The van der Waals surface area contributed by atoms with E-state index in [-0.39, 0.29) is 24.6 Å². The molecule has 2 aliphatic rings. The van der Waals surface area contributed by atoms with Crippen molar-refractivity contribution in [1.82, 2.24) is 4.90 Å². The number of nitrogens with one attached hydrogen (secondary N) is 1. The minimum absolute atomic E-state index is 0.0296. The highest BCUT2D eigenvalue weighted by Crippen LogP contribution is 2.34. The lowest BCUT2D eigenvalue weighted by molar-refractivity contribution is -0.117. The van der Waals surface area contributed by atoms with E-state index in [0.29, 0.717) is 30.9 Å². The Morgan fingerprint density at radius 3 is 2.62 bits per heavy atom. The predicted molar refractivity (Wildman–Crippen MR) is 120 cm³/mol. The van der Waals surface area contributed by atoms with Crippen LogP contribution in [0.3, 0.4) is 0 Å². The Labute approximate surface area is 187 Å². The molecule has 1 N–H and O–H groups in total. The lowest BCUT2D eigenvalue weighted by Crippen LogP contribution is -2.50. The quantitative estimate of drug-likeness (QED) is 0.722. The zero-order valence-corrected chi connectivity index (χ0v) is 18.3. The minimum Gasteiger partial charge on any atom is -0.465 e. The molecule has 168 valence electrons. The van der Waals surface area contributed by atoms with Crippen LogP contribution in [0.2, 0.25) is 0 Å². The number of piperidine rings is 1. The number of benzene rings is 2. The van der Waals surface area contributed by atoms with E-state index in [9.17, 15) is 14.4 Å². The van der Waals surface area contributed by atoms with Crippen molar-refractivity contribution in [2.75, 3.05) is 37.0 Å². The van der Waals surface area contributed by atoms with Crippen LogP contribution in [0.25, 0.3) is 0 Å². The van der Waals surface area contributed by atoms with Crippen molar-refractivity contribution in [1.29, 1.82) is 0 Å². The molecule has 4 rings (SSSR count). The van der Waals surface area contributed by atoms with E-state index in [2.05, 4.69) is 10.2 Å². The van der Waals surface area contributed by atoms with Gasteiger partial charge in [0, 0.05) is 24.7 Å². The summed E-state index contributed by atoms with van der Waals surface area (Å²) in [4.78, 5) is 40.9. The minimum atomic E-state index is -0.495.